The first-order valence-electron chi connectivity index (χ1n) is 7.43. The lowest BCUT2D eigenvalue weighted by atomic mass is 10.2. The summed E-state index contributed by atoms with van der Waals surface area (Å²) in [6, 6.07) is 7.25. The Kier molecular flexibility index (Phi) is 6.89. The number of carbonyl (C=O) groups is 1. The van der Waals surface area contributed by atoms with Gasteiger partial charge in [-0.2, -0.15) is 0 Å². The van der Waals surface area contributed by atoms with Gasteiger partial charge in [-0.05, 0) is 25.5 Å². The predicted octanol–water partition coefficient (Wildman–Crippen LogP) is 1.95. The maximum absolute atomic E-state index is 12.1. The first-order chi connectivity index (χ1) is 11.5. The average Bonchev–Trinajstić information content (AvgIpc) is 2.92. The van der Waals surface area contributed by atoms with Crippen molar-refractivity contribution in [3.63, 3.8) is 0 Å². The highest BCUT2D eigenvalue weighted by atomic mass is 35.5. The van der Waals surface area contributed by atoms with Gasteiger partial charge in [0.2, 0.25) is 11.1 Å². The van der Waals surface area contributed by atoms with Crippen molar-refractivity contribution in [1.82, 2.24) is 20.2 Å². The quantitative estimate of drug-likeness (QED) is 0.419. The van der Waals surface area contributed by atoms with Gasteiger partial charge in [0.05, 0.1) is 10.3 Å². The van der Waals surface area contributed by atoms with Crippen LogP contribution in [-0.2, 0) is 9.53 Å². The Balaban J connectivity index is 2.01. The van der Waals surface area contributed by atoms with Crippen LogP contribution in [0.3, 0.4) is 0 Å². The molecule has 2 aromatic rings. The molecule has 1 atom stereocenters. The molecule has 1 unspecified atom stereocenters. The number of thioether (sulfide) groups is 1. The Morgan fingerprint density at radius 3 is 2.92 bits per heavy atom. The highest BCUT2D eigenvalue weighted by molar-refractivity contribution is 8.00. The summed E-state index contributed by atoms with van der Waals surface area (Å²) < 4.78 is 6.29. The summed E-state index contributed by atoms with van der Waals surface area (Å²) in [7, 11) is 1.63. The number of nitrogens with zero attached hydrogens (tertiary/aromatic N) is 3. The number of benzene rings is 1. The smallest absolute Gasteiger partial charge is 0.233 e. The molecule has 0 saturated carbocycles. The van der Waals surface area contributed by atoms with E-state index in [0.717, 1.165) is 6.42 Å². The SMILES string of the molecule is COCCCNC(=O)C(C)Sc1nnc(-c2ccccc2Cl)n1N. The first kappa shape index (κ1) is 18.6. The third-order valence-corrected chi connectivity index (χ3v) is 4.64. The number of nitrogens with one attached hydrogen (secondary N) is 1. The number of hydrogen-bond donors (Lipinski definition) is 2. The third kappa shape index (κ3) is 4.62. The van der Waals surface area contributed by atoms with Crippen LogP contribution in [0, 0.1) is 0 Å². The van der Waals surface area contributed by atoms with Gasteiger partial charge in [0.1, 0.15) is 0 Å². The number of amides is 1. The molecule has 0 radical (unpaired) electrons. The molecule has 7 nitrogen and oxygen atoms in total. The van der Waals surface area contributed by atoms with E-state index in [1.807, 2.05) is 18.2 Å². The Hall–Kier alpha value is -1.77. The minimum Gasteiger partial charge on any atom is -0.385 e. The largest absolute Gasteiger partial charge is 0.385 e. The molecule has 0 saturated heterocycles. The van der Waals surface area contributed by atoms with Crippen molar-refractivity contribution in [1.29, 1.82) is 0 Å². The van der Waals surface area contributed by atoms with Gasteiger partial charge in [0.25, 0.3) is 0 Å². The fraction of sp³-hybridized carbons (Fsp3) is 0.400. The van der Waals surface area contributed by atoms with Gasteiger partial charge in [-0.15, -0.1) is 10.2 Å². The van der Waals surface area contributed by atoms with Crippen LogP contribution in [0.25, 0.3) is 11.4 Å². The van der Waals surface area contributed by atoms with Crippen LogP contribution in [0.2, 0.25) is 5.02 Å². The fourth-order valence-electron chi connectivity index (χ4n) is 1.97. The summed E-state index contributed by atoms with van der Waals surface area (Å²) in [6.45, 7) is 2.97. The number of carbonyl (C=O) groups excluding carboxylic acids is 1. The van der Waals surface area contributed by atoms with Gasteiger partial charge in [-0.25, -0.2) is 4.68 Å². The number of halogens is 1. The van der Waals surface area contributed by atoms with Crippen molar-refractivity contribution in [3.8, 4) is 11.4 Å². The second kappa shape index (κ2) is 8.91. The first-order valence-corrected chi connectivity index (χ1v) is 8.69. The number of hydrogen-bond acceptors (Lipinski definition) is 6. The highest BCUT2D eigenvalue weighted by Crippen LogP contribution is 2.28. The van der Waals surface area contributed by atoms with Gasteiger partial charge in [-0.3, -0.25) is 4.79 Å². The zero-order valence-corrected chi connectivity index (χ0v) is 15.1. The zero-order valence-electron chi connectivity index (χ0n) is 13.5. The predicted molar refractivity (Wildman–Crippen MR) is 95.4 cm³/mol. The maximum atomic E-state index is 12.1. The van der Waals surface area contributed by atoms with Gasteiger partial charge >= 0.3 is 0 Å². The molecule has 1 aromatic heterocycles. The molecule has 3 N–H and O–H groups in total. The van der Waals surface area contributed by atoms with E-state index in [0.29, 0.717) is 34.7 Å². The number of ether oxygens (including phenoxy) is 1. The van der Waals surface area contributed by atoms with E-state index in [-0.39, 0.29) is 11.2 Å². The molecule has 0 bridgehead atoms. The van der Waals surface area contributed by atoms with Crippen molar-refractivity contribution >= 4 is 29.3 Å². The van der Waals surface area contributed by atoms with E-state index in [1.165, 1.54) is 16.4 Å². The van der Waals surface area contributed by atoms with E-state index in [4.69, 9.17) is 22.2 Å². The lowest BCUT2D eigenvalue weighted by molar-refractivity contribution is -0.120. The summed E-state index contributed by atoms with van der Waals surface area (Å²) in [6.07, 6.45) is 0.767. The summed E-state index contributed by atoms with van der Waals surface area (Å²) >= 11 is 7.40. The maximum Gasteiger partial charge on any atom is 0.233 e. The van der Waals surface area contributed by atoms with Gasteiger partial charge in [0, 0.05) is 25.8 Å². The molecule has 1 aromatic carbocycles. The molecule has 1 amide bonds. The molecule has 0 aliphatic rings. The molecular weight excluding hydrogens is 350 g/mol. The van der Waals surface area contributed by atoms with Gasteiger partial charge in [0.15, 0.2) is 5.82 Å². The zero-order chi connectivity index (χ0) is 17.5. The molecule has 9 heteroatoms. The topological polar surface area (TPSA) is 95.1 Å². The van der Waals surface area contributed by atoms with Crippen LogP contribution in [-0.4, -0.2) is 46.3 Å². The molecular formula is C15H20ClN5O2S. The van der Waals surface area contributed by atoms with E-state index < -0.39 is 0 Å². The van der Waals surface area contributed by atoms with E-state index >= 15 is 0 Å². The van der Waals surface area contributed by atoms with Crippen molar-refractivity contribution in [2.24, 2.45) is 0 Å². The minimum atomic E-state index is -0.349. The molecule has 24 heavy (non-hydrogen) atoms. The van der Waals surface area contributed by atoms with Gasteiger partial charge in [-0.1, -0.05) is 35.5 Å². The van der Waals surface area contributed by atoms with Gasteiger partial charge < -0.3 is 15.9 Å². The fourth-order valence-corrected chi connectivity index (χ4v) is 2.98. The van der Waals surface area contributed by atoms with Crippen LogP contribution in [0.4, 0.5) is 0 Å². The molecule has 0 aliphatic heterocycles. The van der Waals surface area contributed by atoms with Crippen molar-refractivity contribution < 1.29 is 9.53 Å². The lowest BCUT2D eigenvalue weighted by Gasteiger charge is -2.11. The number of methoxy groups -OCH3 is 1. The Morgan fingerprint density at radius 1 is 1.46 bits per heavy atom. The second-order valence-corrected chi connectivity index (χ2v) is 6.77. The minimum absolute atomic E-state index is 0.0848. The average molecular weight is 370 g/mol. The second-order valence-electron chi connectivity index (χ2n) is 5.05. The van der Waals surface area contributed by atoms with E-state index in [2.05, 4.69) is 15.5 Å². The normalized spacial score (nSPS) is 12.1. The molecule has 2 rings (SSSR count). The molecule has 130 valence electrons. The number of nitrogens with two attached hydrogens (primary N) is 1. The number of aromatic nitrogens is 3. The number of nitrogen functional groups attached to an aromatic ring is 1. The Labute approximate surface area is 149 Å². The monoisotopic (exact) mass is 369 g/mol. The summed E-state index contributed by atoms with van der Waals surface area (Å²) in [4.78, 5) is 12.1. The Bertz CT molecular complexity index is 694. The number of rotatable bonds is 8. The molecule has 0 fully saturated rings. The third-order valence-electron chi connectivity index (χ3n) is 3.26. The highest BCUT2D eigenvalue weighted by Gasteiger charge is 2.20. The Morgan fingerprint density at radius 2 is 2.21 bits per heavy atom. The molecule has 0 spiro atoms. The van der Waals surface area contributed by atoms with Crippen LogP contribution in [0.5, 0.6) is 0 Å². The van der Waals surface area contributed by atoms with Crippen LogP contribution >= 0.6 is 23.4 Å². The van der Waals surface area contributed by atoms with Crippen LogP contribution in [0.1, 0.15) is 13.3 Å². The van der Waals surface area contributed by atoms with E-state index in [9.17, 15) is 4.79 Å². The van der Waals surface area contributed by atoms with Crippen molar-refractivity contribution in [2.45, 2.75) is 23.8 Å². The summed E-state index contributed by atoms with van der Waals surface area (Å²) in [5.74, 6) is 6.43. The molecule has 1 heterocycles. The van der Waals surface area contributed by atoms with Crippen LogP contribution in [0.15, 0.2) is 29.4 Å². The van der Waals surface area contributed by atoms with Crippen molar-refractivity contribution in [2.75, 3.05) is 26.1 Å². The van der Waals surface area contributed by atoms with Crippen LogP contribution < -0.4 is 11.2 Å². The standard InChI is InChI=1S/C15H20ClN5O2S/c1-10(14(22)18-8-5-9-23-2)24-15-20-19-13(21(15)17)11-6-3-4-7-12(11)16/h3-4,6-7,10H,5,8-9,17H2,1-2H3,(H,18,22). The van der Waals surface area contributed by atoms with Crippen molar-refractivity contribution in [3.05, 3.63) is 29.3 Å². The summed E-state index contributed by atoms with van der Waals surface area (Å²) in [5, 5.41) is 11.6. The summed E-state index contributed by atoms with van der Waals surface area (Å²) in [5.41, 5.74) is 0.692. The lowest BCUT2D eigenvalue weighted by Crippen LogP contribution is -2.32. The molecule has 0 aliphatic carbocycles. The van der Waals surface area contributed by atoms with E-state index in [1.54, 1.807) is 20.1 Å².